The summed E-state index contributed by atoms with van der Waals surface area (Å²) < 4.78 is 5.46. The normalized spacial score (nSPS) is 21.5. The van der Waals surface area contributed by atoms with Crippen LogP contribution in [0.25, 0.3) is 0 Å². The Kier molecular flexibility index (Phi) is 4.60. The van der Waals surface area contributed by atoms with Crippen molar-refractivity contribution in [2.75, 3.05) is 23.0 Å². The van der Waals surface area contributed by atoms with Crippen molar-refractivity contribution >= 4 is 23.2 Å². The van der Waals surface area contributed by atoms with Gasteiger partial charge in [-0.2, -0.15) is 0 Å². The van der Waals surface area contributed by atoms with Crippen molar-refractivity contribution in [1.82, 2.24) is 0 Å². The van der Waals surface area contributed by atoms with Gasteiger partial charge >= 0.3 is 0 Å². The molecule has 4 rings (SSSR count). The zero-order valence-corrected chi connectivity index (χ0v) is 15.7. The number of benzene rings is 2. The number of amides is 2. The van der Waals surface area contributed by atoms with Crippen molar-refractivity contribution in [3.05, 3.63) is 54.1 Å². The van der Waals surface area contributed by atoms with Crippen LogP contribution in [0.5, 0.6) is 5.75 Å². The topological polar surface area (TPSA) is 49.9 Å². The highest BCUT2D eigenvalue weighted by molar-refractivity contribution is 6.05. The molecule has 5 nitrogen and oxygen atoms in total. The molecule has 2 aliphatic heterocycles. The first-order chi connectivity index (χ1) is 13.1. The number of para-hydroxylation sites is 1. The van der Waals surface area contributed by atoms with Crippen molar-refractivity contribution in [3.63, 3.8) is 0 Å². The standard InChI is InChI=1S/C22H24N2O3/c1-3-27-19-10-8-18(9-11-19)23-14-17(13-21(23)25)22(26)24-15(2)12-16-6-4-5-7-20(16)24/h4-11,15,17H,3,12-14H2,1-2H3/t15-,17+/m0/s1. The Bertz CT molecular complexity index is 862. The molecule has 0 bridgehead atoms. The molecule has 1 fully saturated rings. The Morgan fingerprint density at radius 3 is 2.59 bits per heavy atom. The molecule has 2 aromatic rings. The van der Waals surface area contributed by atoms with Crippen molar-refractivity contribution in [2.24, 2.45) is 5.92 Å². The fourth-order valence-electron chi connectivity index (χ4n) is 4.11. The summed E-state index contributed by atoms with van der Waals surface area (Å²) in [6.45, 7) is 5.04. The van der Waals surface area contributed by atoms with Crippen LogP contribution in [0.2, 0.25) is 0 Å². The molecule has 140 valence electrons. The average Bonchev–Trinajstić information content (AvgIpc) is 3.21. The molecule has 1 saturated heterocycles. The number of anilines is 2. The van der Waals surface area contributed by atoms with E-state index < -0.39 is 0 Å². The van der Waals surface area contributed by atoms with E-state index in [4.69, 9.17) is 4.74 Å². The molecule has 5 heteroatoms. The zero-order valence-electron chi connectivity index (χ0n) is 15.7. The SMILES string of the molecule is CCOc1ccc(N2C[C@H](C(=O)N3c4ccccc4C[C@@H]3C)CC2=O)cc1. The second-order valence-corrected chi connectivity index (χ2v) is 7.22. The highest BCUT2D eigenvalue weighted by Crippen LogP contribution is 2.35. The summed E-state index contributed by atoms with van der Waals surface area (Å²) >= 11 is 0. The van der Waals surface area contributed by atoms with Crippen molar-refractivity contribution in [2.45, 2.75) is 32.7 Å². The molecule has 2 amide bonds. The molecule has 0 aromatic heterocycles. The molecule has 0 radical (unpaired) electrons. The molecule has 0 unspecified atom stereocenters. The minimum atomic E-state index is -0.308. The van der Waals surface area contributed by atoms with Gasteiger partial charge in [0.25, 0.3) is 0 Å². The maximum Gasteiger partial charge on any atom is 0.232 e. The van der Waals surface area contributed by atoms with Crippen molar-refractivity contribution < 1.29 is 14.3 Å². The summed E-state index contributed by atoms with van der Waals surface area (Å²) in [7, 11) is 0. The lowest BCUT2D eigenvalue weighted by Gasteiger charge is -2.26. The number of carbonyl (C=O) groups excluding carboxylic acids is 2. The van der Waals surface area contributed by atoms with Gasteiger partial charge in [0.05, 0.1) is 12.5 Å². The van der Waals surface area contributed by atoms with Gasteiger partial charge < -0.3 is 14.5 Å². The van der Waals surface area contributed by atoms with E-state index in [0.29, 0.717) is 13.2 Å². The van der Waals surface area contributed by atoms with Crippen LogP contribution < -0.4 is 14.5 Å². The molecule has 0 saturated carbocycles. The minimum Gasteiger partial charge on any atom is -0.494 e. The lowest BCUT2D eigenvalue weighted by Crippen LogP contribution is -2.41. The van der Waals surface area contributed by atoms with Gasteiger partial charge in [-0.1, -0.05) is 18.2 Å². The summed E-state index contributed by atoms with van der Waals surface area (Å²) in [6.07, 6.45) is 1.13. The quantitative estimate of drug-likeness (QED) is 0.835. The molecule has 2 aliphatic rings. The van der Waals surface area contributed by atoms with Crippen LogP contribution in [-0.2, 0) is 16.0 Å². The molecule has 2 atom stereocenters. The molecule has 2 aromatic carbocycles. The maximum absolute atomic E-state index is 13.2. The van der Waals surface area contributed by atoms with Gasteiger partial charge in [0.15, 0.2) is 0 Å². The minimum absolute atomic E-state index is 0.00218. The number of nitrogens with zero attached hydrogens (tertiary/aromatic N) is 2. The summed E-state index contributed by atoms with van der Waals surface area (Å²) in [5.41, 5.74) is 3.00. The molecule has 2 heterocycles. The van der Waals surface area contributed by atoms with E-state index in [2.05, 4.69) is 13.0 Å². The maximum atomic E-state index is 13.2. The van der Waals surface area contributed by atoms with Gasteiger partial charge in [-0.3, -0.25) is 9.59 Å². The van der Waals surface area contributed by atoms with Gasteiger partial charge in [0, 0.05) is 30.4 Å². The Morgan fingerprint density at radius 2 is 1.85 bits per heavy atom. The third-order valence-corrected chi connectivity index (χ3v) is 5.38. The van der Waals surface area contributed by atoms with E-state index in [1.165, 1.54) is 5.56 Å². The number of rotatable bonds is 4. The van der Waals surface area contributed by atoms with Gasteiger partial charge in [0.1, 0.15) is 5.75 Å². The van der Waals surface area contributed by atoms with Gasteiger partial charge in [-0.15, -0.1) is 0 Å². The van der Waals surface area contributed by atoms with Gasteiger partial charge in [0.2, 0.25) is 11.8 Å². The summed E-state index contributed by atoms with van der Waals surface area (Å²) in [5, 5.41) is 0. The number of hydrogen-bond donors (Lipinski definition) is 0. The molecular weight excluding hydrogens is 340 g/mol. The monoisotopic (exact) mass is 364 g/mol. The number of carbonyl (C=O) groups is 2. The number of ether oxygens (including phenoxy) is 1. The van der Waals surface area contributed by atoms with E-state index in [1.54, 1.807) is 4.90 Å². The molecule has 27 heavy (non-hydrogen) atoms. The van der Waals surface area contributed by atoms with Crippen molar-refractivity contribution in [3.8, 4) is 5.75 Å². The van der Waals surface area contributed by atoms with Crippen LogP contribution in [0.3, 0.4) is 0 Å². The van der Waals surface area contributed by atoms with Crippen LogP contribution in [-0.4, -0.2) is 31.0 Å². The highest BCUT2D eigenvalue weighted by atomic mass is 16.5. The lowest BCUT2D eigenvalue weighted by molar-refractivity contribution is -0.124. The van der Waals surface area contributed by atoms with E-state index in [0.717, 1.165) is 23.5 Å². The van der Waals surface area contributed by atoms with Crippen LogP contribution in [0, 0.1) is 5.92 Å². The van der Waals surface area contributed by atoms with Crippen LogP contribution in [0.1, 0.15) is 25.8 Å². The first-order valence-electron chi connectivity index (χ1n) is 9.52. The predicted molar refractivity (Wildman–Crippen MR) is 105 cm³/mol. The van der Waals surface area contributed by atoms with E-state index in [-0.39, 0.29) is 30.2 Å². The summed E-state index contributed by atoms with van der Waals surface area (Å²) in [4.78, 5) is 29.4. The van der Waals surface area contributed by atoms with Crippen molar-refractivity contribution in [1.29, 1.82) is 0 Å². The van der Waals surface area contributed by atoms with E-state index in [9.17, 15) is 9.59 Å². The van der Waals surface area contributed by atoms with Crippen LogP contribution in [0.15, 0.2) is 48.5 Å². The number of hydrogen-bond acceptors (Lipinski definition) is 3. The zero-order chi connectivity index (χ0) is 19.0. The molecule has 0 aliphatic carbocycles. The fourth-order valence-corrected chi connectivity index (χ4v) is 4.11. The highest BCUT2D eigenvalue weighted by Gasteiger charge is 2.40. The van der Waals surface area contributed by atoms with Crippen LogP contribution >= 0.6 is 0 Å². The summed E-state index contributed by atoms with van der Waals surface area (Å²) in [5.74, 6) is 0.521. The molecule has 0 spiro atoms. The third-order valence-electron chi connectivity index (χ3n) is 5.38. The second-order valence-electron chi connectivity index (χ2n) is 7.22. The Morgan fingerprint density at radius 1 is 1.11 bits per heavy atom. The van der Waals surface area contributed by atoms with Crippen LogP contribution in [0.4, 0.5) is 11.4 Å². The first-order valence-corrected chi connectivity index (χ1v) is 9.52. The Labute approximate surface area is 159 Å². The number of fused-ring (bicyclic) bond motifs is 1. The molecular formula is C22H24N2O3. The Balaban J connectivity index is 1.51. The lowest BCUT2D eigenvalue weighted by atomic mass is 10.1. The Hall–Kier alpha value is -2.82. The predicted octanol–water partition coefficient (Wildman–Crippen LogP) is 3.42. The molecule has 0 N–H and O–H groups in total. The first kappa shape index (κ1) is 17.6. The summed E-state index contributed by atoms with van der Waals surface area (Å²) in [6, 6.07) is 15.6. The van der Waals surface area contributed by atoms with Gasteiger partial charge in [-0.25, -0.2) is 0 Å². The average molecular weight is 364 g/mol. The second kappa shape index (κ2) is 7.06. The fraction of sp³-hybridized carbons (Fsp3) is 0.364. The third kappa shape index (κ3) is 3.18. The largest absolute Gasteiger partial charge is 0.494 e. The van der Waals surface area contributed by atoms with Gasteiger partial charge in [-0.05, 0) is 56.2 Å². The smallest absolute Gasteiger partial charge is 0.232 e. The van der Waals surface area contributed by atoms with E-state index >= 15 is 0 Å². The van der Waals surface area contributed by atoms with E-state index in [1.807, 2.05) is 54.3 Å².